The second-order valence-electron chi connectivity index (χ2n) is 6.53. The monoisotopic (exact) mass is 325 g/mol. The molecule has 1 aliphatic rings. The Morgan fingerprint density at radius 1 is 1.00 bits per heavy atom. The Kier molecular flexibility index (Phi) is 5.89. The number of hydrogen-bond acceptors (Lipinski definition) is 3. The summed E-state index contributed by atoms with van der Waals surface area (Å²) in [7, 11) is 1.67. The smallest absolute Gasteiger partial charge is 0.125 e. The lowest BCUT2D eigenvalue weighted by Gasteiger charge is -2.27. The molecule has 0 bridgehead atoms. The number of nitrogens with zero attached hydrogens (tertiary/aromatic N) is 1. The Morgan fingerprint density at radius 2 is 1.75 bits per heavy atom. The molecule has 0 saturated carbocycles. The lowest BCUT2D eigenvalue weighted by molar-refractivity contribution is 0.131. The summed E-state index contributed by atoms with van der Waals surface area (Å²) >= 11 is 0. The predicted molar refractivity (Wildman–Crippen MR) is 98.3 cm³/mol. The number of aliphatic hydroxyl groups excluding tert-OH is 1. The molecule has 128 valence electrons. The molecule has 0 aromatic heterocycles. The summed E-state index contributed by atoms with van der Waals surface area (Å²) in [4.78, 5) is 2.46. The molecule has 1 atom stereocenters. The van der Waals surface area contributed by atoms with Gasteiger partial charge in [-0.2, -0.15) is 0 Å². The summed E-state index contributed by atoms with van der Waals surface area (Å²) in [5.41, 5.74) is 3.15. The van der Waals surface area contributed by atoms with Gasteiger partial charge in [-0.15, -0.1) is 0 Å². The minimum absolute atomic E-state index is 0.480. The van der Waals surface area contributed by atoms with E-state index in [4.69, 9.17) is 4.74 Å². The number of piperidine rings is 1. The van der Waals surface area contributed by atoms with Crippen LogP contribution in [0.25, 0.3) is 11.1 Å². The van der Waals surface area contributed by atoms with Crippen molar-refractivity contribution in [3.63, 3.8) is 0 Å². The largest absolute Gasteiger partial charge is 0.496 e. The molecule has 1 heterocycles. The van der Waals surface area contributed by atoms with E-state index in [9.17, 15) is 5.11 Å². The van der Waals surface area contributed by atoms with Gasteiger partial charge in [0.2, 0.25) is 0 Å². The molecule has 3 nitrogen and oxygen atoms in total. The van der Waals surface area contributed by atoms with Gasteiger partial charge in [0, 0.05) is 12.1 Å². The van der Waals surface area contributed by atoms with Crippen molar-refractivity contribution in [3.05, 3.63) is 54.1 Å². The topological polar surface area (TPSA) is 32.7 Å². The highest BCUT2D eigenvalue weighted by Crippen LogP contribution is 2.32. The summed E-state index contributed by atoms with van der Waals surface area (Å²) in [6.07, 6.45) is 4.18. The zero-order valence-electron chi connectivity index (χ0n) is 14.4. The molecule has 1 aliphatic heterocycles. The van der Waals surface area contributed by atoms with E-state index in [1.807, 2.05) is 30.3 Å². The number of rotatable bonds is 6. The minimum atomic E-state index is -0.480. The molecule has 0 aliphatic carbocycles. The second kappa shape index (κ2) is 8.32. The molecule has 1 N–H and O–H groups in total. The Morgan fingerprint density at radius 3 is 2.46 bits per heavy atom. The van der Waals surface area contributed by atoms with E-state index >= 15 is 0 Å². The minimum Gasteiger partial charge on any atom is -0.496 e. The van der Waals surface area contributed by atoms with Crippen LogP contribution in [-0.4, -0.2) is 36.8 Å². The van der Waals surface area contributed by atoms with Crippen molar-refractivity contribution >= 4 is 0 Å². The van der Waals surface area contributed by atoms with Crippen molar-refractivity contribution in [2.24, 2.45) is 0 Å². The first-order valence-electron chi connectivity index (χ1n) is 8.91. The van der Waals surface area contributed by atoms with Crippen molar-refractivity contribution in [2.45, 2.75) is 31.8 Å². The van der Waals surface area contributed by atoms with E-state index in [1.54, 1.807) is 7.11 Å². The Labute approximate surface area is 144 Å². The number of hydrogen-bond donors (Lipinski definition) is 1. The van der Waals surface area contributed by atoms with Gasteiger partial charge >= 0.3 is 0 Å². The van der Waals surface area contributed by atoms with Crippen molar-refractivity contribution in [1.82, 2.24) is 4.90 Å². The number of methoxy groups -OCH3 is 1. The zero-order valence-corrected chi connectivity index (χ0v) is 14.4. The molecule has 2 aromatic rings. The maximum atomic E-state index is 10.6. The van der Waals surface area contributed by atoms with Crippen LogP contribution in [-0.2, 0) is 0 Å². The van der Waals surface area contributed by atoms with Gasteiger partial charge in [-0.3, -0.25) is 0 Å². The maximum Gasteiger partial charge on any atom is 0.125 e. The molecule has 0 spiro atoms. The summed E-state index contributed by atoms with van der Waals surface area (Å²) < 4.78 is 5.55. The highest BCUT2D eigenvalue weighted by atomic mass is 16.5. The molecule has 1 saturated heterocycles. The molecule has 3 rings (SSSR count). The fourth-order valence-corrected chi connectivity index (χ4v) is 3.44. The van der Waals surface area contributed by atoms with Crippen LogP contribution in [0.3, 0.4) is 0 Å². The van der Waals surface area contributed by atoms with E-state index in [2.05, 4.69) is 23.1 Å². The van der Waals surface area contributed by atoms with Gasteiger partial charge in [0.15, 0.2) is 0 Å². The first-order chi connectivity index (χ1) is 11.8. The van der Waals surface area contributed by atoms with Gasteiger partial charge in [-0.1, -0.05) is 48.9 Å². The zero-order chi connectivity index (χ0) is 16.8. The molecular formula is C21H27NO2. The van der Waals surface area contributed by atoms with Crippen molar-refractivity contribution in [1.29, 1.82) is 0 Å². The van der Waals surface area contributed by atoms with Crippen LogP contribution in [0.1, 0.15) is 37.4 Å². The lowest BCUT2D eigenvalue weighted by atomic mass is 9.99. The Balaban J connectivity index is 1.70. The van der Waals surface area contributed by atoms with Gasteiger partial charge in [-0.05, 0) is 49.5 Å². The van der Waals surface area contributed by atoms with E-state index < -0.39 is 6.10 Å². The molecule has 3 heteroatoms. The third kappa shape index (κ3) is 4.16. The lowest BCUT2D eigenvalue weighted by Crippen LogP contribution is -2.31. The standard InChI is InChI=1S/C21H27NO2/c1-24-21-16-18(17-8-4-2-5-9-17)10-11-19(21)20(23)12-15-22-13-6-3-7-14-22/h2,4-5,8-11,16,20,23H,3,6-7,12-15H2,1H3. The van der Waals surface area contributed by atoms with Crippen molar-refractivity contribution in [2.75, 3.05) is 26.7 Å². The fraction of sp³-hybridized carbons (Fsp3) is 0.429. The summed E-state index contributed by atoms with van der Waals surface area (Å²) in [5, 5.41) is 10.6. The first-order valence-corrected chi connectivity index (χ1v) is 8.91. The van der Waals surface area contributed by atoms with Crippen LogP contribution in [0.2, 0.25) is 0 Å². The average Bonchev–Trinajstić information content (AvgIpc) is 2.67. The Bertz CT molecular complexity index is 636. The second-order valence-corrected chi connectivity index (χ2v) is 6.53. The molecule has 24 heavy (non-hydrogen) atoms. The van der Waals surface area contributed by atoms with E-state index in [1.165, 1.54) is 19.3 Å². The summed E-state index contributed by atoms with van der Waals surface area (Å²) in [5.74, 6) is 0.766. The van der Waals surface area contributed by atoms with Crippen LogP contribution in [0.5, 0.6) is 5.75 Å². The third-order valence-corrected chi connectivity index (χ3v) is 4.87. The van der Waals surface area contributed by atoms with Gasteiger partial charge in [0.1, 0.15) is 5.75 Å². The Hall–Kier alpha value is -1.84. The van der Waals surface area contributed by atoms with Crippen LogP contribution in [0, 0.1) is 0 Å². The van der Waals surface area contributed by atoms with Crippen LogP contribution in [0.4, 0.5) is 0 Å². The summed E-state index contributed by atoms with van der Waals surface area (Å²) in [6, 6.07) is 16.3. The highest BCUT2D eigenvalue weighted by molar-refractivity contribution is 5.66. The highest BCUT2D eigenvalue weighted by Gasteiger charge is 2.17. The average molecular weight is 325 g/mol. The predicted octanol–water partition coefficient (Wildman–Crippen LogP) is 4.27. The SMILES string of the molecule is COc1cc(-c2ccccc2)ccc1C(O)CCN1CCCCC1. The molecule has 0 amide bonds. The number of likely N-dealkylation sites (tertiary alicyclic amines) is 1. The van der Waals surface area contributed by atoms with E-state index in [0.717, 1.165) is 48.5 Å². The van der Waals surface area contributed by atoms with Gasteiger partial charge in [0.05, 0.1) is 13.2 Å². The van der Waals surface area contributed by atoms with Crippen LogP contribution < -0.4 is 4.74 Å². The summed E-state index contributed by atoms with van der Waals surface area (Å²) in [6.45, 7) is 3.28. The van der Waals surface area contributed by atoms with Gasteiger partial charge < -0.3 is 14.7 Å². The van der Waals surface area contributed by atoms with Crippen LogP contribution in [0.15, 0.2) is 48.5 Å². The number of ether oxygens (including phenoxy) is 1. The quantitative estimate of drug-likeness (QED) is 0.861. The first kappa shape index (κ1) is 17.0. The van der Waals surface area contributed by atoms with Gasteiger partial charge in [0.25, 0.3) is 0 Å². The van der Waals surface area contributed by atoms with E-state index in [-0.39, 0.29) is 0 Å². The van der Waals surface area contributed by atoms with Gasteiger partial charge in [-0.25, -0.2) is 0 Å². The molecule has 1 fully saturated rings. The van der Waals surface area contributed by atoms with Crippen molar-refractivity contribution < 1.29 is 9.84 Å². The van der Waals surface area contributed by atoms with Crippen molar-refractivity contribution in [3.8, 4) is 16.9 Å². The third-order valence-electron chi connectivity index (χ3n) is 4.87. The molecule has 0 radical (unpaired) electrons. The fourth-order valence-electron chi connectivity index (χ4n) is 3.44. The normalized spacial score (nSPS) is 16.8. The maximum absolute atomic E-state index is 10.6. The number of aliphatic hydroxyl groups is 1. The molecule has 1 unspecified atom stereocenters. The number of benzene rings is 2. The molecular weight excluding hydrogens is 298 g/mol. The molecule has 2 aromatic carbocycles. The van der Waals surface area contributed by atoms with E-state index in [0.29, 0.717) is 0 Å². The van der Waals surface area contributed by atoms with Crippen LogP contribution >= 0.6 is 0 Å².